The van der Waals surface area contributed by atoms with Crippen LogP contribution in [0.3, 0.4) is 0 Å². The van der Waals surface area contributed by atoms with E-state index in [-0.39, 0.29) is 17.9 Å². The lowest BCUT2D eigenvalue weighted by atomic mass is 10.1. The molecular weight excluding hydrogens is 264 g/mol. The summed E-state index contributed by atoms with van der Waals surface area (Å²) < 4.78 is 0. The topological polar surface area (TPSA) is 40.6 Å². The Morgan fingerprint density at radius 3 is 2.71 bits per heavy atom. The van der Waals surface area contributed by atoms with Crippen molar-refractivity contribution in [3.8, 4) is 0 Å². The Bertz CT molecular complexity index is 515. The normalized spacial score (nSPS) is 22.4. The summed E-state index contributed by atoms with van der Waals surface area (Å²) >= 11 is 0. The average Bonchev–Trinajstić information content (AvgIpc) is 2.96. The van der Waals surface area contributed by atoms with Gasteiger partial charge in [0.15, 0.2) is 0 Å². The number of hydrogen-bond donors (Lipinski definition) is 0. The fourth-order valence-electron chi connectivity index (χ4n) is 3.36. The minimum atomic E-state index is -0.184. The number of benzene rings is 1. The Labute approximate surface area is 125 Å². The van der Waals surface area contributed by atoms with Crippen LogP contribution < -0.4 is 0 Å². The van der Waals surface area contributed by atoms with Gasteiger partial charge in [-0.15, -0.1) is 0 Å². The largest absolute Gasteiger partial charge is 0.340 e. The van der Waals surface area contributed by atoms with Gasteiger partial charge in [-0.2, -0.15) is 0 Å². The molecule has 4 heteroatoms. The number of amides is 2. The first-order valence-electron chi connectivity index (χ1n) is 7.88. The summed E-state index contributed by atoms with van der Waals surface area (Å²) in [5.74, 6) is 0.308. The van der Waals surface area contributed by atoms with Crippen molar-refractivity contribution in [2.75, 3.05) is 19.6 Å². The second-order valence-electron chi connectivity index (χ2n) is 5.91. The minimum absolute atomic E-state index is 0.149. The van der Waals surface area contributed by atoms with Gasteiger partial charge in [0.1, 0.15) is 6.04 Å². The molecule has 0 radical (unpaired) electrons. The standard InChI is InChI=1S/C17H22N2O2/c20-16-10-13-18(17(21)15-9-5-12-19(15)16)11-4-8-14-6-2-1-3-7-14/h1-3,6-7,15H,4-5,8-13H2. The van der Waals surface area contributed by atoms with Crippen molar-refractivity contribution >= 4 is 11.8 Å². The molecule has 1 atom stereocenters. The summed E-state index contributed by atoms with van der Waals surface area (Å²) in [6.07, 6.45) is 4.21. The molecule has 3 rings (SSSR count). The van der Waals surface area contributed by atoms with Crippen molar-refractivity contribution in [1.82, 2.24) is 9.80 Å². The van der Waals surface area contributed by atoms with Crippen LogP contribution in [-0.4, -0.2) is 47.3 Å². The van der Waals surface area contributed by atoms with E-state index in [1.165, 1.54) is 5.56 Å². The van der Waals surface area contributed by atoms with Gasteiger partial charge in [0.25, 0.3) is 0 Å². The van der Waals surface area contributed by atoms with E-state index in [2.05, 4.69) is 12.1 Å². The van der Waals surface area contributed by atoms with Crippen LogP contribution in [0, 0.1) is 0 Å². The minimum Gasteiger partial charge on any atom is -0.340 e. The molecule has 2 aliphatic rings. The quantitative estimate of drug-likeness (QED) is 0.847. The van der Waals surface area contributed by atoms with E-state index in [4.69, 9.17) is 0 Å². The molecule has 2 aliphatic heterocycles. The Morgan fingerprint density at radius 1 is 1.10 bits per heavy atom. The molecule has 2 fully saturated rings. The van der Waals surface area contributed by atoms with Gasteiger partial charge in [0, 0.05) is 26.1 Å². The molecule has 0 bridgehead atoms. The smallest absolute Gasteiger partial charge is 0.245 e. The molecule has 1 aromatic carbocycles. The first-order chi connectivity index (χ1) is 10.3. The predicted octanol–water partition coefficient (Wildman–Crippen LogP) is 1.84. The molecule has 1 unspecified atom stereocenters. The van der Waals surface area contributed by atoms with E-state index in [0.29, 0.717) is 13.0 Å². The van der Waals surface area contributed by atoms with Crippen LogP contribution in [0.4, 0.5) is 0 Å². The number of aryl methyl sites for hydroxylation is 1. The fourth-order valence-corrected chi connectivity index (χ4v) is 3.36. The number of carbonyl (C=O) groups excluding carboxylic acids is 2. The summed E-state index contributed by atoms with van der Waals surface area (Å²) in [4.78, 5) is 28.3. The maximum Gasteiger partial charge on any atom is 0.245 e. The lowest BCUT2D eigenvalue weighted by Gasteiger charge is -2.25. The number of fused-ring (bicyclic) bond motifs is 1. The van der Waals surface area contributed by atoms with Gasteiger partial charge < -0.3 is 9.80 Å². The van der Waals surface area contributed by atoms with E-state index >= 15 is 0 Å². The summed E-state index contributed by atoms with van der Waals surface area (Å²) in [5, 5.41) is 0. The highest BCUT2D eigenvalue weighted by atomic mass is 16.2. The molecule has 4 nitrogen and oxygen atoms in total. The van der Waals surface area contributed by atoms with Gasteiger partial charge >= 0.3 is 0 Å². The van der Waals surface area contributed by atoms with Gasteiger partial charge in [-0.25, -0.2) is 0 Å². The fraction of sp³-hybridized carbons (Fsp3) is 0.529. The highest BCUT2D eigenvalue weighted by Gasteiger charge is 2.38. The molecule has 2 saturated heterocycles. The van der Waals surface area contributed by atoms with Crippen molar-refractivity contribution in [2.24, 2.45) is 0 Å². The summed E-state index contributed by atoms with van der Waals surface area (Å²) in [6.45, 7) is 2.10. The van der Waals surface area contributed by atoms with Gasteiger partial charge in [-0.3, -0.25) is 9.59 Å². The van der Waals surface area contributed by atoms with Crippen molar-refractivity contribution in [3.05, 3.63) is 35.9 Å². The van der Waals surface area contributed by atoms with E-state index in [0.717, 1.165) is 38.8 Å². The molecule has 0 N–H and O–H groups in total. The van der Waals surface area contributed by atoms with Crippen LogP contribution in [0.5, 0.6) is 0 Å². The SMILES string of the molecule is O=C1C2CCCN2C(=O)CCN1CCCc1ccccc1. The second-order valence-corrected chi connectivity index (χ2v) is 5.91. The van der Waals surface area contributed by atoms with E-state index in [1.54, 1.807) is 4.90 Å². The number of hydrogen-bond acceptors (Lipinski definition) is 2. The maximum atomic E-state index is 12.5. The summed E-state index contributed by atoms with van der Waals surface area (Å²) in [6, 6.07) is 10.2. The van der Waals surface area contributed by atoms with Crippen LogP contribution in [0.25, 0.3) is 0 Å². The molecule has 21 heavy (non-hydrogen) atoms. The highest BCUT2D eigenvalue weighted by molar-refractivity contribution is 5.90. The van der Waals surface area contributed by atoms with Crippen molar-refractivity contribution in [1.29, 1.82) is 0 Å². The Morgan fingerprint density at radius 2 is 1.90 bits per heavy atom. The van der Waals surface area contributed by atoms with Crippen LogP contribution >= 0.6 is 0 Å². The monoisotopic (exact) mass is 286 g/mol. The first kappa shape index (κ1) is 14.1. The van der Waals surface area contributed by atoms with E-state index < -0.39 is 0 Å². The molecule has 2 amide bonds. The Hall–Kier alpha value is -1.84. The van der Waals surface area contributed by atoms with Crippen LogP contribution in [-0.2, 0) is 16.0 Å². The van der Waals surface area contributed by atoms with Gasteiger partial charge in [0.05, 0.1) is 0 Å². The Balaban J connectivity index is 1.57. The molecule has 0 saturated carbocycles. The van der Waals surface area contributed by atoms with Gasteiger partial charge in [-0.05, 0) is 31.2 Å². The van der Waals surface area contributed by atoms with Crippen molar-refractivity contribution < 1.29 is 9.59 Å². The lowest BCUT2D eigenvalue weighted by Crippen LogP contribution is -2.43. The summed E-state index contributed by atoms with van der Waals surface area (Å²) in [5.41, 5.74) is 1.30. The van der Waals surface area contributed by atoms with Gasteiger partial charge in [0.2, 0.25) is 11.8 Å². The van der Waals surface area contributed by atoms with Crippen molar-refractivity contribution in [3.63, 3.8) is 0 Å². The molecule has 2 heterocycles. The lowest BCUT2D eigenvalue weighted by molar-refractivity contribution is -0.139. The Kier molecular flexibility index (Phi) is 4.23. The molecule has 0 aliphatic carbocycles. The summed E-state index contributed by atoms with van der Waals surface area (Å²) in [7, 11) is 0. The third kappa shape index (κ3) is 3.09. The third-order valence-electron chi connectivity index (χ3n) is 4.50. The molecule has 0 spiro atoms. The first-order valence-corrected chi connectivity index (χ1v) is 7.88. The zero-order chi connectivity index (χ0) is 14.7. The van der Waals surface area contributed by atoms with E-state index in [1.807, 2.05) is 23.1 Å². The molecule has 1 aromatic rings. The zero-order valence-electron chi connectivity index (χ0n) is 12.3. The predicted molar refractivity (Wildman–Crippen MR) is 80.7 cm³/mol. The molecular formula is C17H22N2O2. The maximum absolute atomic E-state index is 12.5. The second kappa shape index (κ2) is 6.29. The number of rotatable bonds is 4. The van der Waals surface area contributed by atoms with Crippen LogP contribution in [0.2, 0.25) is 0 Å². The van der Waals surface area contributed by atoms with Gasteiger partial charge in [-0.1, -0.05) is 30.3 Å². The highest BCUT2D eigenvalue weighted by Crippen LogP contribution is 2.23. The van der Waals surface area contributed by atoms with Crippen LogP contribution in [0.15, 0.2) is 30.3 Å². The average molecular weight is 286 g/mol. The third-order valence-corrected chi connectivity index (χ3v) is 4.50. The van der Waals surface area contributed by atoms with Crippen molar-refractivity contribution in [2.45, 2.75) is 38.1 Å². The van der Waals surface area contributed by atoms with Crippen LogP contribution in [0.1, 0.15) is 31.2 Å². The number of carbonyl (C=O) groups is 2. The van der Waals surface area contributed by atoms with E-state index in [9.17, 15) is 9.59 Å². The zero-order valence-corrected chi connectivity index (χ0v) is 12.3. The number of nitrogens with zero attached hydrogens (tertiary/aromatic N) is 2. The molecule has 0 aromatic heterocycles. The molecule has 112 valence electrons.